The van der Waals surface area contributed by atoms with Crippen LogP contribution < -0.4 is 0 Å². The summed E-state index contributed by atoms with van der Waals surface area (Å²) < 4.78 is 24.3. The van der Waals surface area contributed by atoms with Crippen molar-refractivity contribution in [3.8, 4) is 0 Å². The molecule has 0 spiro atoms. The number of piperazine rings is 1. The zero-order chi connectivity index (χ0) is 17.5. The Labute approximate surface area is 141 Å². The van der Waals surface area contributed by atoms with E-state index < -0.39 is 21.9 Å². The fraction of sp³-hybridized carbons (Fsp3) is 0.625. The fourth-order valence-corrected chi connectivity index (χ4v) is 5.58. The van der Waals surface area contributed by atoms with E-state index in [1.165, 1.54) is 0 Å². The minimum atomic E-state index is -3.26. The Morgan fingerprint density at radius 1 is 1.21 bits per heavy atom. The Hall–Kier alpha value is -1.83. The van der Waals surface area contributed by atoms with Crippen LogP contribution in [0.2, 0.25) is 0 Å². The zero-order valence-electron chi connectivity index (χ0n) is 13.9. The number of amides is 2. The van der Waals surface area contributed by atoms with Gasteiger partial charge in [-0.3, -0.25) is 9.59 Å². The Morgan fingerprint density at radius 2 is 1.83 bits per heavy atom. The smallest absolute Gasteiger partial charge is 0.270 e. The number of hydrogen-bond donors (Lipinski definition) is 1. The minimum Gasteiger partial charge on any atom is -0.357 e. The first-order chi connectivity index (χ1) is 11.3. The Kier molecular flexibility index (Phi) is 4.42. The second-order valence-corrected chi connectivity index (χ2v) is 9.13. The highest BCUT2D eigenvalue weighted by Crippen LogP contribution is 2.29. The maximum atomic E-state index is 12.7. The van der Waals surface area contributed by atoms with Crippen LogP contribution in [0.3, 0.4) is 0 Å². The molecule has 8 heteroatoms. The van der Waals surface area contributed by atoms with Crippen LogP contribution in [0.25, 0.3) is 0 Å². The number of nitrogens with zero attached hydrogens (tertiary/aromatic N) is 2. The minimum absolute atomic E-state index is 0.0240. The summed E-state index contributed by atoms with van der Waals surface area (Å²) in [5.74, 6) is -0.148. The van der Waals surface area contributed by atoms with Gasteiger partial charge in [-0.05, 0) is 18.1 Å². The third kappa shape index (κ3) is 3.19. The van der Waals surface area contributed by atoms with Crippen molar-refractivity contribution in [2.75, 3.05) is 24.6 Å². The van der Waals surface area contributed by atoms with E-state index in [9.17, 15) is 18.0 Å². The van der Waals surface area contributed by atoms with Crippen molar-refractivity contribution in [2.24, 2.45) is 5.92 Å². The third-order valence-corrected chi connectivity index (χ3v) is 6.37. The number of carbonyl (C=O) groups is 2. The predicted molar refractivity (Wildman–Crippen MR) is 89.2 cm³/mol. The number of rotatable bonds is 3. The van der Waals surface area contributed by atoms with Crippen molar-refractivity contribution < 1.29 is 18.0 Å². The molecule has 2 aliphatic rings. The molecule has 2 fully saturated rings. The summed E-state index contributed by atoms with van der Waals surface area (Å²) in [6.45, 7) is 4.67. The zero-order valence-corrected chi connectivity index (χ0v) is 14.8. The monoisotopic (exact) mass is 353 g/mol. The SMILES string of the molecule is CC(C)CC(=O)N1CCN(C(=O)c2ccc[nH]2)[C@@H]2CS(=O)(=O)C[C@@H]21. The molecule has 3 heterocycles. The van der Waals surface area contributed by atoms with E-state index in [0.717, 1.165) is 0 Å². The molecule has 24 heavy (non-hydrogen) atoms. The number of sulfone groups is 1. The molecule has 1 aromatic rings. The molecule has 7 nitrogen and oxygen atoms in total. The first kappa shape index (κ1) is 17.0. The summed E-state index contributed by atoms with van der Waals surface area (Å²) in [6, 6.07) is 2.51. The number of aromatic amines is 1. The molecule has 0 bridgehead atoms. The van der Waals surface area contributed by atoms with Crippen molar-refractivity contribution in [1.82, 2.24) is 14.8 Å². The van der Waals surface area contributed by atoms with E-state index >= 15 is 0 Å². The van der Waals surface area contributed by atoms with Gasteiger partial charge in [0.2, 0.25) is 5.91 Å². The lowest BCUT2D eigenvalue weighted by Gasteiger charge is -2.44. The predicted octanol–water partition coefficient (Wildman–Crippen LogP) is 0.511. The highest BCUT2D eigenvalue weighted by Gasteiger charge is 2.49. The fourth-order valence-electron chi connectivity index (χ4n) is 3.60. The van der Waals surface area contributed by atoms with Gasteiger partial charge in [-0.1, -0.05) is 13.8 Å². The first-order valence-electron chi connectivity index (χ1n) is 8.23. The van der Waals surface area contributed by atoms with Gasteiger partial charge in [0.1, 0.15) is 5.69 Å². The van der Waals surface area contributed by atoms with Crippen molar-refractivity contribution >= 4 is 21.7 Å². The number of carbonyl (C=O) groups excluding carboxylic acids is 2. The summed E-state index contributed by atoms with van der Waals surface area (Å²) >= 11 is 0. The number of nitrogens with one attached hydrogen (secondary N) is 1. The molecule has 0 aromatic carbocycles. The third-order valence-electron chi connectivity index (χ3n) is 4.67. The van der Waals surface area contributed by atoms with Gasteiger partial charge in [-0.25, -0.2) is 8.42 Å². The Morgan fingerprint density at radius 3 is 2.42 bits per heavy atom. The summed E-state index contributed by atoms with van der Waals surface area (Å²) in [4.78, 5) is 31.3. The van der Waals surface area contributed by atoms with Crippen molar-refractivity contribution in [3.05, 3.63) is 24.0 Å². The standard InChI is InChI=1S/C16H23N3O4S/c1-11(2)8-15(20)18-6-7-19(16(21)12-4-3-5-17-12)14-10-24(22,23)9-13(14)18/h3-5,11,13-14,17H,6-10H2,1-2H3/t13-,14+/m0/s1. The van der Waals surface area contributed by atoms with Gasteiger partial charge in [0.25, 0.3) is 5.91 Å². The summed E-state index contributed by atoms with van der Waals surface area (Å²) in [5.41, 5.74) is 0.444. The highest BCUT2D eigenvalue weighted by molar-refractivity contribution is 7.91. The largest absolute Gasteiger partial charge is 0.357 e. The number of aromatic nitrogens is 1. The second kappa shape index (κ2) is 6.23. The molecule has 0 unspecified atom stereocenters. The molecule has 2 amide bonds. The summed E-state index contributed by atoms with van der Waals surface area (Å²) in [7, 11) is -3.26. The molecule has 1 aromatic heterocycles. The van der Waals surface area contributed by atoms with Gasteiger partial charge in [0.05, 0.1) is 23.6 Å². The average Bonchev–Trinajstić information content (AvgIpc) is 3.10. The number of hydrogen-bond acceptors (Lipinski definition) is 4. The molecule has 2 atom stereocenters. The number of fused-ring (bicyclic) bond motifs is 1. The molecule has 3 rings (SSSR count). The maximum absolute atomic E-state index is 12.7. The summed E-state index contributed by atoms with van der Waals surface area (Å²) in [5, 5.41) is 0. The molecular formula is C16H23N3O4S. The van der Waals surface area contributed by atoms with Gasteiger partial charge >= 0.3 is 0 Å². The molecule has 0 aliphatic carbocycles. The maximum Gasteiger partial charge on any atom is 0.270 e. The molecule has 0 saturated carbocycles. The summed E-state index contributed by atoms with van der Waals surface area (Å²) in [6.07, 6.45) is 2.06. The van der Waals surface area contributed by atoms with Crippen LogP contribution in [0.15, 0.2) is 18.3 Å². The van der Waals surface area contributed by atoms with E-state index in [1.54, 1.807) is 28.1 Å². The molecule has 132 valence electrons. The van der Waals surface area contributed by atoms with Gasteiger partial charge in [-0.2, -0.15) is 0 Å². The lowest BCUT2D eigenvalue weighted by Crippen LogP contribution is -2.62. The van der Waals surface area contributed by atoms with Crippen LogP contribution in [0.1, 0.15) is 30.8 Å². The van der Waals surface area contributed by atoms with Gasteiger partial charge in [0.15, 0.2) is 9.84 Å². The van der Waals surface area contributed by atoms with Gasteiger partial charge in [0, 0.05) is 25.7 Å². The quantitative estimate of drug-likeness (QED) is 0.857. The lowest BCUT2D eigenvalue weighted by molar-refractivity contribution is -0.137. The average molecular weight is 353 g/mol. The van der Waals surface area contributed by atoms with Crippen molar-refractivity contribution in [3.63, 3.8) is 0 Å². The van der Waals surface area contributed by atoms with E-state index in [1.807, 2.05) is 13.8 Å². The van der Waals surface area contributed by atoms with Crippen molar-refractivity contribution in [2.45, 2.75) is 32.4 Å². The number of H-pyrrole nitrogens is 1. The van der Waals surface area contributed by atoms with Crippen LogP contribution >= 0.6 is 0 Å². The lowest BCUT2D eigenvalue weighted by atomic mass is 10.0. The second-order valence-electron chi connectivity index (χ2n) is 6.98. The Balaban J connectivity index is 1.85. The van der Waals surface area contributed by atoms with E-state index in [-0.39, 0.29) is 29.2 Å². The van der Waals surface area contributed by atoms with E-state index in [2.05, 4.69) is 4.98 Å². The van der Waals surface area contributed by atoms with Crippen LogP contribution in [0.5, 0.6) is 0 Å². The van der Waals surface area contributed by atoms with Gasteiger partial charge in [-0.15, -0.1) is 0 Å². The molecule has 2 aliphatic heterocycles. The van der Waals surface area contributed by atoms with Crippen LogP contribution in [-0.2, 0) is 14.6 Å². The van der Waals surface area contributed by atoms with E-state index in [0.29, 0.717) is 25.2 Å². The molecule has 1 N–H and O–H groups in total. The van der Waals surface area contributed by atoms with Crippen LogP contribution in [0.4, 0.5) is 0 Å². The highest BCUT2D eigenvalue weighted by atomic mass is 32.2. The topological polar surface area (TPSA) is 90.6 Å². The molecule has 0 radical (unpaired) electrons. The first-order valence-corrected chi connectivity index (χ1v) is 10.0. The molecular weight excluding hydrogens is 330 g/mol. The Bertz CT molecular complexity index is 727. The van der Waals surface area contributed by atoms with Gasteiger partial charge < -0.3 is 14.8 Å². The van der Waals surface area contributed by atoms with Crippen LogP contribution in [0, 0.1) is 5.92 Å². The van der Waals surface area contributed by atoms with E-state index in [4.69, 9.17) is 0 Å². The van der Waals surface area contributed by atoms with Crippen LogP contribution in [-0.4, -0.2) is 71.7 Å². The molecule has 2 saturated heterocycles. The normalized spacial score (nSPS) is 25.8. The van der Waals surface area contributed by atoms with Crippen molar-refractivity contribution in [1.29, 1.82) is 0 Å².